The van der Waals surface area contributed by atoms with Crippen LogP contribution in [0.15, 0.2) is 16.3 Å². The zero-order valence-electron chi connectivity index (χ0n) is 8.85. The molecular formula is C11H15NO2S2. The van der Waals surface area contributed by atoms with E-state index >= 15 is 0 Å². The summed E-state index contributed by atoms with van der Waals surface area (Å²) in [5.41, 5.74) is 0. The van der Waals surface area contributed by atoms with Crippen LogP contribution in [-0.4, -0.2) is 23.7 Å². The van der Waals surface area contributed by atoms with Crippen LogP contribution in [0.2, 0.25) is 0 Å². The summed E-state index contributed by atoms with van der Waals surface area (Å²) < 4.78 is 0. The normalized spacial score (nSPS) is 24.6. The average Bonchev–Trinajstić information content (AvgIpc) is 2.86. The molecule has 2 rings (SSSR count). The third-order valence-corrected chi connectivity index (χ3v) is 4.38. The monoisotopic (exact) mass is 257 g/mol. The van der Waals surface area contributed by atoms with Gasteiger partial charge in [-0.1, -0.05) is 6.42 Å². The van der Waals surface area contributed by atoms with Gasteiger partial charge in [0.05, 0.1) is 4.88 Å². The number of rotatable bonds is 3. The van der Waals surface area contributed by atoms with Crippen LogP contribution < -0.4 is 5.32 Å². The van der Waals surface area contributed by atoms with Gasteiger partial charge in [0.15, 0.2) is 0 Å². The number of thiol groups is 1. The van der Waals surface area contributed by atoms with E-state index < -0.39 is 0 Å². The van der Waals surface area contributed by atoms with Crippen LogP contribution in [0.4, 0.5) is 0 Å². The molecule has 16 heavy (non-hydrogen) atoms. The Balaban J connectivity index is 1.97. The van der Waals surface area contributed by atoms with Crippen molar-refractivity contribution in [1.29, 1.82) is 0 Å². The molecule has 1 heterocycles. The number of carbonyl (C=O) groups excluding carboxylic acids is 1. The molecule has 1 aromatic rings. The van der Waals surface area contributed by atoms with Crippen molar-refractivity contribution in [3.8, 4) is 0 Å². The van der Waals surface area contributed by atoms with E-state index in [0.29, 0.717) is 4.88 Å². The highest BCUT2D eigenvalue weighted by Gasteiger charge is 2.28. The second-order valence-corrected chi connectivity index (χ2v) is 5.55. The number of hydrogen-bond acceptors (Lipinski definition) is 4. The summed E-state index contributed by atoms with van der Waals surface area (Å²) in [4.78, 5) is 13.4. The molecule has 0 saturated heterocycles. The van der Waals surface area contributed by atoms with E-state index in [9.17, 15) is 4.79 Å². The summed E-state index contributed by atoms with van der Waals surface area (Å²) in [5.74, 6) is 0.176. The number of hydrogen-bond donors (Lipinski definition) is 3. The highest BCUT2D eigenvalue weighted by atomic mass is 32.1. The fraction of sp³-hybridized carbons (Fsp3) is 0.545. The Labute approximate surface area is 104 Å². The van der Waals surface area contributed by atoms with Gasteiger partial charge in [0.1, 0.15) is 0 Å². The highest BCUT2D eigenvalue weighted by molar-refractivity contribution is 7.80. The quantitative estimate of drug-likeness (QED) is 0.725. The minimum Gasteiger partial charge on any atom is -0.396 e. The molecule has 0 spiro atoms. The van der Waals surface area contributed by atoms with E-state index in [-0.39, 0.29) is 24.5 Å². The van der Waals surface area contributed by atoms with Gasteiger partial charge in [0.2, 0.25) is 0 Å². The molecule has 0 bridgehead atoms. The van der Waals surface area contributed by atoms with E-state index in [2.05, 4.69) is 17.9 Å². The zero-order valence-corrected chi connectivity index (χ0v) is 10.6. The maximum atomic E-state index is 11.9. The third-order valence-electron chi connectivity index (χ3n) is 3.02. The van der Waals surface area contributed by atoms with Gasteiger partial charge >= 0.3 is 0 Å². The lowest BCUT2D eigenvalue weighted by atomic mass is 10.1. The molecule has 88 valence electrons. The Morgan fingerprint density at radius 2 is 2.44 bits per heavy atom. The summed E-state index contributed by atoms with van der Waals surface area (Å²) >= 11 is 5.57. The summed E-state index contributed by atoms with van der Waals surface area (Å²) in [6, 6.07) is 1.90. The van der Waals surface area contributed by atoms with E-state index in [1.165, 1.54) is 11.3 Å². The standard InChI is InChI=1S/C11H15NO2S2/c13-5-7-2-1-3-9(7)12-11(14)10-4-8(15)6-16-10/h4,6-7,9,13,15H,1-3,5H2,(H,12,14). The van der Waals surface area contributed by atoms with Crippen molar-refractivity contribution in [3.05, 3.63) is 16.3 Å². The number of thiophene rings is 1. The maximum absolute atomic E-state index is 11.9. The molecule has 1 aliphatic rings. The number of nitrogens with one attached hydrogen (secondary N) is 1. The van der Waals surface area contributed by atoms with E-state index in [1.807, 2.05) is 5.38 Å². The Morgan fingerprint density at radius 3 is 3.06 bits per heavy atom. The first kappa shape index (κ1) is 12.0. The molecule has 2 unspecified atom stereocenters. The molecule has 1 fully saturated rings. The van der Waals surface area contributed by atoms with E-state index in [1.54, 1.807) is 6.07 Å². The molecule has 0 aromatic carbocycles. The number of amides is 1. The topological polar surface area (TPSA) is 49.3 Å². The van der Waals surface area contributed by atoms with Gasteiger partial charge in [-0.3, -0.25) is 4.79 Å². The van der Waals surface area contributed by atoms with Crippen molar-refractivity contribution in [1.82, 2.24) is 5.32 Å². The SMILES string of the molecule is O=C(NC1CCCC1CO)c1cc(S)cs1. The van der Waals surface area contributed by atoms with Crippen molar-refractivity contribution in [2.45, 2.75) is 30.2 Å². The number of carbonyl (C=O) groups is 1. The Hall–Kier alpha value is -0.520. The van der Waals surface area contributed by atoms with Crippen LogP contribution in [0.5, 0.6) is 0 Å². The number of aliphatic hydroxyl groups excluding tert-OH is 1. The van der Waals surface area contributed by atoms with Crippen LogP contribution in [0.1, 0.15) is 28.9 Å². The molecule has 3 nitrogen and oxygen atoms in total. The van der Waals surface area contributed by atoms with Crippen molar-refractivity contribution in [2.75, 3.05) is 6.61 Å². The molecule has 1 saturated carbocycles. The van der Waals surface area contributed by atoms with Crippen LogP contribution >= 0.6 is 24.0 Å². The minimum absolute atomic E-state index is 0.0457. The van der Waals surface area contributed by atoms with Crippen molar-refractivity contribution in [3.63, 3.8) is 0 Å². The average molecular weight is 257 g/mol. The first-order valence-corrected chi connectivity index (χ1v) is 6.72. The molecule has 5 heteroatoms. The minimum atomic E-state index is -0.0457. The molecule has 2 atom stereocenters. The summed E-state index contributed by atoms with van der Waals surface area (Å²) in [6.07, 6.45) is 3.05. The van der Waals surface area contributed by atoms with Gasteiger partial charge < -0.3 is 10.4 Å². The van der Waals surface area contributed by atoms with Crippen molar-refractivity contribution < 1.29 is 9.90 Å². The molecule has 0 aliphatic heterocycles. The van der Waals surface area contributed by atoms with Gasteiger partial charge in [-0.05, 0) is 18.9 Å². The molecule has 1 amide bonds. The van der Waals surface area contributed by atoms with Crippen LogP contribution in [-0.2, 0) is 0 Å². The lowest BCUT2D eigenvalue weighted by Gasteiger charge is -2.18. The maximum Gasteiger partial charge on any atom is 0.261 e. The van der Waals surface area contributed by atoms with Gasteiger partial charge in [0.25, 0.3) is 5.91 Å². The molecule has 1 aliphatic carbocycles. The van der Waals surface area contributed by atoms with Crippen molar-refractivity contribution in [2.24, 2.45) is 5.92 Å². The Kier molecular flexibility index (Phi) is 3.89. The van der Waals surface area contributed by atoms with Gasteiger partial charge in [-0.25, -0.2) is 0 Å². The highest BCUT2D eigenvalue weighted by Crippen LogP contribution is 2.26. The van der Waals surface area contributed by atoms with E-state index in [0.717, 1.165) is 24.2 Å². The predicted octanol–water partition coefficient (Wildman–Crippen LogP) is 1.93. The van der Waals surface area contributed by atoms with Crippen LogP contribution in [0.3, 0.4) is 0 Å². The summed E-state index contributed by atoms with van der Waals surface area (Å²) in [5, 5.41) is 14.0. The number of aliphatic hydroxyl groups is 1. The third kappa shape index (κ3) is 2.59. The first-order valence-electron chi connectivity index (χ1n) is 5.40. The van der Waals surface area contributed by atoms with Crippen LogP contribution in [0, 0.1) is 5.92 Å². The van der Waals surface area contributed by atoms with Gasteiger partial charge in [-0.15, -0.1) is 24.0 Å². The molecular weight excluding hydrogens is 242 g/mol. The fourth-order valence-electron chi connectivity index (χ4n) is 2.13. The lowest BCUT2D eigenvalue weighted by molar-refractivity contribution is 0.0920. The Morgan fingerprint density at radius 1 is 1.62 bits per heavy atom. The second kappa shape index (κ2) is 5.21. The molecule has 0 radical (unpaired) electrons. The van der Waals surface area contributed by atoms with Gasteiger partial charge in [-0.2, -0.15) is 0 Å². The smallest absolute Gasteiger partial charge is 0.261 e. The zero-order chi connectivity index (χ0) is 11.5. The first-order chi connectivity index (χ1) is 7.70. The summed E-state index contributed by atoms with van der Waals surface area (Å²) in [7, 11) is 0. The predicted molar refractivity (Wildman–Crippen MR) is 67.3 cm³/mol. The van der Waals surface area contributed by atoms with E-state index in [4.69, 9.17) is 5.11 Å². The fourth-order valence-corrected chi connectivity index (χ4v) is 3.18. The summed E-state index contributed by atoms with van der Waals surface area (Å²) in [6.45, 7) is 0.160. The molecule has 1 aromatic heterocycles. The van der Waals surface area contributed by atoms with Crippen molar-refractivity contribution >= 4 is 29.9 Å². The largest absolute Gasteiger partial charge is 0.396 e. The Bertz CT molecular complexity index is 378. The molecule has 2 N–H and O–H groups in total. The van der Waals surface area contributed by atoms with Crippen LogP contribution in [0.25, 0.3) is 0 Å². The lowest BCUT2D eigenvalue weighted by Crippen LogP contribution is -2.38. The van der Waals surface area contributed by atoms with Gasteiger partial charge in [0, 0.05) is 28.8 Å². The second-order valence-electron chi connectivity index (χ2n) is 4.12.